The van der Waals surface area contributed by atoms with E-state index in [9.17, 15) is 9.90 Å². The number of hydrogen-bond acceptors (Lipinski definition) is 5. The number of amides is 1. The van der Waals surface area contributed by atoms with Gasteiger partial charge >= 0.3 is 0 Å². The zero-order valence-corrected chi connectivity index (χ0v) is 13.4. The number of likely N-dealkylation sites (N-methyl/N-ethyl adjacent to an activating group) is 1. The van der Waals surface area contributed by atoms with Gasteiger partial charge in [0.1, 0.15) is 5.01 Å². The molecule has 0 radical (unpaired) electrons. The third-order valence-corrected chi connectivity index (χ3v) is 6.32. The number of aromatic nitrogens is 1. The van der Waals surface area contributed by atoms with Gasteiger partial charge in [-0.15, -0.1) is 11.3 Å². The Bertz CT molecular complexity index is 486. The van der Waals surface area contributed by atoms with Crippen molar-refractivity contribution >= 4 is 29.0 Å². The predicted molar refractivity (Wildman–Crippen MR) is 82.1 cm³/mol. The van der Waals surface area contributed by atoms with Gasteiger partial charge in [-0.05, 0) is 37.9 Å². The molecule has 1 aliphatic carbocycles. The van der Waals surface area contributed by atoms with E-state index in [1.54, 1.807) is 35.0 Å². The zero-order chi connectivity index (χ0) is 14.2. The van der Waals surface area contributed by atoms with Gasteiger partial charge in [-0.3, -0.25) is 4.79 Å². The molecule has 20 heavy (non-hydrogen) atoms. The summed E-state index contributed by atoms with van der Waals surface area (Å²) in [5, 5.41) is 11.3. The molecule has 1 amide bonds. The third-order valence-electron chi connectivity index (χ3n) is 4.01. The Kier molecular flexibility index (Phi) is 4.06. The minimum absolute atomic E-state index is 0.157. The van der Waals surface area contributed by atoms with E-state index >= 15 is 0 Å². The molecule has 1 aromatic rings. The summed E-state index contributed by atoms with van der Waals surface area (Å²) >= 11 is 3.38. The molecule has 1 N–H and O–H groups in total. The summed E-state index contributed by atoms with van der Waals surface area (Å²) < 4.78 is 0. The summed E-state index contributed by atoms with van der Waals surface area (Å²) in [6.45, 7) is 0.517. The number of rotatable bonds is 3. The Morgan fingerprint density at radius 3 is 2.95 bits per heavy atom. The van der Waals surface area contributed by atoms with E-state index in [0.29, 0.717) is 18.7 Å². The zero-order valence-electron chi connectivity index (χ0n) is 11.7. The van der Waals surface area contributed by atoms with Crippen molar-refractivity contribution in [1.82, 2.24) is 9.88 Å². The van der Waals surface area contributed by atoms with Crippen LogP contribution in [0.4, 0.5) is 0 Å². The standard InChI is InChI=1S/C14H20N2O2S2/c1-16(13(17)14(18)6-7-19-9-14)8-12-15-10-4-2-3-5-11(10)20-12/h18H,2-9H2,1H3. The normalized spacial score (nSPS) is 25.5. The molecule has 4 nitrogen and oxygen atoms in total. The van der Waals surface area contributed by atoms with Crippen LogP contribution in [0.5, 0.6) is 0 Å². The number of hydrogen-bond donors (Lipinski definition) is 1. The van der Waals surface area contributed by atoms with Crippen LogP contribution in [-0.4, -0.2) is 45.1 Å². The Hall–Kier alpha value is -0.590. The van der Waals surface area contributed by atoms with Crippen molar-refractivity contribution in [3.63, 3.8) is 0 Å². The lowest BCUT2D eigenvalue weighted by Gasteiger charge is -2.26. The van der Waals surface area contributed by atoms with Gasteiger partial charge in [0.15, 0.2) is 5.60 Å². The number of carbonyl (C=O) groups excluding carboxylic acids is 1. The van der Waals surface area contributed by atoms with Crippen molar-refractivity contribution in [1.29, 1.82) is 0 Å². The molecule has 1 aliphatic heterocycles. The smallest absolute Gasteiger partial charge is 0.255 e. The summed E-state index contributed by atoms with van der Waals surface area (Å²) in [5.41, 5.74) is 0.0725. The fraction of sp³-hybridized carbons (Fsp3) is 0.714. The number of aryl methyl sites for hydroxylation is 2. The first-order valence-corrected chi connectivity index (χ1v) is 9.09. The van der Waals surface area contributed by atoms with E-state index in [-0.39, 0.29) is 5.91 Å². The van der Waals surface area contributed by atoms with Crippen LogP contribution in [0.1, 0.15) is 34.8 Å². The quantitative estimate of drug-likeness (QED) is 0.925. The van der Waals surface area contributed by atoms with Crippen molar-refractivity contribution in [2.45, 2.75) is 44.2 Å². The van der Waals surface area contributed by atoms with Gasteiger partial charge in [0.25, 0.3) is 5.91 Å². The van der Waals surface area contributed by atoms with Gasteiger partial charge in [0, 0.05) is 17.7 Å². The van der Waals surface area contributed by atoms with Crippen molar-refractivity contribution in [3.8, 4) is 0 Å². The van der Waals surface area contributed by atoms with E-state index in [0.717, 1.165) is 23.6 Å². The molecule has 2 aliphatic rings. The maximum atomic E-state index is 12.4. The average molecular weight is 312 g/mol. The van der Waals surface area contributed by atoms with Gasteiger partial charge in [-0.1, -0.05) is 0 Å². The lowest BCUT2D eigenvalue weighted by atomic mass is 10.0. The highest BCUT2D eigenvalue weighted by atomic mass is 32.2. The first-order chi connectivity index (χ1) is 9.58. The highest BCUT2D eigenvalue weighted by Crippen LogP contribution is 2.31. The first kappa shape index (κ1) is 14.4. The highest BCUT2D eigenvalue weighted by Gasteiger charge is 2.41. The molecular formula is C14H20N2O2S2. The molecule has 1 atom stereocenters. The van der Waals surface area contributed by atoms with Gasteiger partial charge in [-0.2, -0.15) is 11.8 Å². The van der Waals surface area contributed by atoms with Gasteiger partial charge < -0.3 is 10.0 Å². The van der Waals surface area contributed by atoms with Crippen LogP contribution in [0, 0.1) is 0 Å². The maximum absolute atomic E-state index is 12.4. The van der Waals surface area contributed by atoms with E-state index < -0.39 is 5.60 Å². The SMILES string of the molecule is CN(Cc1nc2c(s1)CCCC2)C(=O)C1(O)CCSC1. The number of thioether (sulfide) groups is 1. The van der Waals surface area contributed by atoms with Crippen LogP contribution < -0.4 is 0 Å². The fourth-order valence-corrected chi connectivity index (χ4v) is 5.27. The molecular weight excluding hydrogens is 292 g/mol. The van der Waals surface area contributed by atoms with Crippen molar-refractivity contribution in [3.05, 3.63) is 15.6 Å². The summed E-state index contributed by atoms with van der Waals surface area (Å²) in [7, 11) is 1.77. The lowest BCUT2D eigenvalue weighted by molar-refractivity contribution is -0.147. The Morgan fingerprint density at radius 1 is 1.45 bits per heavy atom. The summed E-state index contributed by atoms with van der Waals surface area (Å²) in [6, 6.07) is 0. The number of fused-ring (bicyclic) bond motifs is 1. The molecule has 0 aromatic carbocycles. The molecule has 1 saturated heterocycles. The molecule has 1 aromatic heterocycles. The van der Waals surface area contributed by atoms with Crippen LogP contribution in [-0.2, 0) is 24.2 Å². The van der Waals surface area contributed by atoms with E-state index in [1.807, 2.05) is 0 Å². The second-order valence-corrected chi connectivity index (χ2v) is 7.95. The molecule has 6 heteroatoms. The highest BCUT2D eigenvalue weighted by molar-refractivity contribution is 7.99. The Labute approximate surface area is 127 Å². The van der Waals surface area contributed by atoms with Crippen LogP contribution >= 0.6 is 23.1 Å². The predicted octanol–water partition coefficient (Wildman–Crippen LogP) is 1.85. The summed E-state index contributed by atoms with van der Waals surface area (Å²) in [4.78, 5) is 20.0. The van der Waals surface area contributed by atoms with Crippen LogP contribution in [0.3, 0.4) is 0 Å². The lowest BCUT2D eigenvalue weighted by Crippen LogP contribution is -2.47. The minimum Gasteiger partial charge on any atom is -0.379 e. The second-order valence-electron chi connectivity index (χ2n) is 5.68. The summed E-state index contributed by atoms with van der Waals surface area (Å²) in [6.07, 6.45) is 5.24. The van der Waals surface area contributed by atoms with Gasteiger partial charge in [-0.25, -0.2) is 4.98 Å². The molecule has 1 fully saturated rings. The molecule has 1 unspecified atom stereocenters. The minimum atomic E-state index is -1.16. The third kappa shape index (κ3) is 2.73. The molecule has 3 rings (SSSR count). The Morgan fingerprint density at radius 2 is 2.25 bits per heavy atom. The number of thiazole rings is 1. The van der Waals surface area contributed by atoms with Crippen LogP contribution in [0.15, 0.2) is 0 Å². The van der Waals surface area contributed by atoms with Crippen LogP contribution in [0.25, 0.3) is 0 Å². The fourth-order valence-electron chi connectivity index (χ4n) is 2.83. The monoisotopic (exact) mass is 312 g/mol. The Balaban J connectivity index is 1.67. The molecule has 0 bridgehead atoms. The number of nitrogens with zero attached hydrogens (tertiary/aromatic N) is 2. The first-order valence-electron chi connectivity index (χ1n) is 7.12. The van der Waals surface area contributed by atoms with Gasteiger partial charge in [0.05, 0.1) is 12.2 Å². The van der Waals surface area contributed by atoms with Crippen molar-refractivity contribution < 1.29 is 9.90 Å². The van der Waals surface area contributed by atoms with E-state index in [1.165, 1.54) is 23.4 Å². The number of carbonyl (C=O) groups is 1. The molecule has 0 spiro atoms. The van der Waals surface area contributed by atoms with Crippen molar-refractivity contribution in [2.24, 2.45) is 0 Å². The van der Waals surface area contributed by atoms with Gasteiger partial charge in [0.2, 0.25) is 0 Å². The second kappa shape index (κ2) is 5.66. The average Bonchev–Trinajstić information content (AvgIpc) is 3.04. The molecule has 110 valence electrons. The van der Waals surface area contributed by atoms with E-state index in [2.05, 4.69) is 4.98 Å². The largest absolute Gasteiger partial charge is 0.379 e. The summed E-state index contributed by atoms with van der Waals surface area (Å²) in [5.74, 6) is 1.22. The van der Waals surface area contributed by atoms with E-state index in [4.69, 9.17) is 0 Å². The van der Waals surface area contributed by atoms with Crippen molar-refractivity contribution in [2.75, 3.05) is 18.6 Å². The number of aliphatic hydroxyl groups is 1. The topological polar surface area (TPSA) is 53.4 Å². The maximum Gasteiger partial charge on any atom is 0.255 e. The molecule has 2 heterocycles. The van der Waals surface area contributed by atoms with Crippen LogP contribution in [0.2, 0.25) is 0 Å². The molecule has 0 saturated carbocycles.